The molecule has 0 unspecified atom stereocenters. The van der Waals surface area contributed by atoms with Crippen molar-refractivity contribution in [3.63, 3.8) is 0 Å². The van der Waals surface area contributed by atoms with Gasteiger partial charge >= 0.3 is 0 Å². The van der Waals surface area contributed by atoms with Crippen LogP contribution in [0, 0.1) is 21.4 Å². The number of ether oxygens (including phenoxy) is 2. The molecule has 19 heteroatoms. The summed E-state index contributed by atoms with van der Waals surface area (Å²) >= 11 is 6.27. The third-order valence-corrected chi connectivity index (χ3v) is 15.2. The number of sulfonamides is 1. The van der Waals surface area contributed by atoms with E-state index in [9.17, 15) is 28.4 Å². The standard InChI is InChI=1S/C49H56ClFN8O8S/c1-48(2)13-11-35(40(26-48)33-3-5-36(50)6-4-33)28-56-17-19-57(20-18-56)37-7-9-39(42(24-37)58-27-32(29-60)30-67-47-44(58)23-34-12-16-52-45(34)54-47)46(61)55-68(64,65)38-8-10-41(43(25-38)59(62)63)53-31-49(51)14-21-66-22-15-49/h3-10,12,16,23-25,32,53,60H,11,13-15,17-22,26-31H2,1-2H3,(H,52,54)(H,55,61)/t32-/m1/s1. The van der Waals surface area contributed by atoms with Crippen molar-refractivity contribution in [3.8, 4) is 5.88 Å². The number of nitro groups is 1. The number of aliphatic hydroxyl groups excluding tert-OH is 1. The Morgan fingerprint density at radius 3 is 2.51 bits per heavy atom. The van der Waals surface area contributed by atoms with Gasteiger partial charge in [0.15, 0.2) is 0 Å². The van der Waals surface area contributed by atoms with E-state index in [0.717, 1.165) is 62.1 Å². The average Bonchev–Trinajstić information content (AvgIpc) is 3.71. The van der Waals surface area contributed by atoms with E-state index in [4.69, 9.17) is 26.1 Å². The van der Waals surface area contributed by atoms with Crippen molar-refractivity contribution in [2.24, 2.45) is 11.3 Å². The molecule has 0 bridgehead atoms. The van der Waals surface area contributed by atoms with Crippen LogP contribution in [-0.2, 0) is 14.8 Å². The van der Waals surface area contributed by atoms with Gasteiger partial charge in [-0.15, -0.1) is 0 Å². The third kappa shape index (κ3) is 10.3. The number of nitrogens with zero attached hydrogens (tertiary/aromatic N) is 5. The third-order valence-electron chi connectivity index (χ3n) is 13.7. The number of hydrogen-bond donors (Lipinski definition) is 4. The van der Waals surface area contributed by atoms with Crippen LogP contribution in [0.4, 0.5) is 32.8 Å². The van der Waals surface area contributed by atoms with Crippen LogP contribution in [0.15, 0.2) is 89.5 Å². The predicted octanol–water partition coefficient (Wildman–Crippen LogP) is 8.10. The highest BCUT2D eigenvalue weighted by atomic mass is 35.5. The molecule has 5 heterocycles. The molecular weight excluding hydrogens is 915 g/mol. The Labute approximate surface area is 399 Å². The topological polar surface area (TPSA) is 195 Å². The largest absolute Gasteiger partial charge is 0.476 e. The maximum atomic E-state index is 15.4. The maximum Gasteiger partial charge on any atom is 0.293 e. The fourth-order valence-corrected chi connectivity index (χ4v) is 10.7. The Kier molecular flexibility index (Phi) is 13.4. The fraction of sp³-hybridized carbons (Fsp3) is 0.429. The van der Waals surface area contributed by atoms with Gasteiger partial charge in [0.25, 0.3) is 21.6 Å². The number of pyridine rings is 1. The molecule has 0 spiro atoms. The van der Waals surface area contributed by atoms with Gasteiger partial charge in [-0.1, -0.05) is 43.2 Å². The lowest BCUT2D eigenvalue weighted by Gasteiger charge is -2.39. The number of benzene rings is 3. The molecule has 0 radical (unpaired) electrons. The van der Waals surface area contributed by atoms with Crippen molar-refractivity contribution in [1.82, 2.24) is 19.6 Å². The second kappa shape index (κ2) is 19.3. The number of hydrogen-bond acceptors (Lipinski definition) is 13. The maximum absolute atomic E-state index is 15.4. The summed E-state index contributed by atoms with van der Waals surface area (Å²) in [7, 11) is -4.71. The quantitative estimate of drug-likeness (QED) is 0.0654. The number of aromatic amines is 1. The first-order valence-corrected chi connectivity index (χ1v) is 24.9. The van der Waals surface area contributed by atoms with Crippen LogP contribution in [0.5, 0.6) is 5.88 Å². The van der Waals surface area contributed by atoms with Crippen LogP contribution in [-0.4, -0.2) is 117 Å². The summed E-state index contributed by atoms with van der Waals surface area (Å²) in [5.41, 5.74) is 4.17. The Hall–Kier alpha value is -5.79. The normalized spacial score (nSPS) is 19.8. The van der Waals surface area contributed by atoms with Crippen molar-refractivity contribution in [2.75, 3.05) is 87.4 Å². The van der Waals surface area contributed by atoms with Crippen LogP contribution in [0.1, 0.15) is 61.9 Å². The lowest BCUT2D eigenvalue weighted by Crippen LogP contribution is -2.47. The molecule has 9 rings (SSSR count). The highest BCUT2D eigenvalue weighted by molar-refractivity contribution is 7.90. The van der Waals surface area contributed by atoms with E-state index in [1.807, 2.05) is 35.2 Å². The highest BCUT2D eigenvalue weighted by Crippen LogP contribution is 2.44. The van der Waals surface area contributed by atoms with Gasteiger partial charge in [-0.3, -0.25) is 19.8 Å². The molecule has 3 aromatic carbocycles. The molecule has 360 valence electrons. The number of allylic oxidation sites excluding steroid dienone is 1. The lowest BCUT2D eigenvalue weighted by atomic mass is 9.72. The number of piperazine rings is 1. The molecule has 1 amide bonds. The Balaban J connectivity index is 1.01. The minimum atomic E-state index is -4.71. The molecule has 2 saturated heterocycles. The van der Waals surface area contributed by atoms with E-state index in [0.29, 0.717) is 35.1 Å². The number of anilines is 4. The van der Waals surface area contributed by atoms with E-state index < -0.39 is 43.0 Å². The number of nitrogens with one attached hydrogen (secondary N) is 3. The molecule has 1 aliphatic carbocycles. The van der Waals surface area contributed by atoms with Crippen LogP contribution in [0.2, 0.25) is 5.02 Å². The molecular formula is C49H56ClFN8O8S. The summed E-state index contributed by atoms with van der Waals surface area (Å²) in [6, 6.07) is 20.3. The number of carbonyl (C=O) groups is 1. The summed E-state index contributed by atoms with van der Waals surface area (Å²) in [5, 5.41) is 27.0. The van der Waals surface area contributed by atoms with Crippen molar-refractivity contribution in [2.45, 2.75) is 56.5 Å². The van der Waals surface area contributed by atoms with Gasteiger partial charge in [-0.05, 0) is 90.4 Å². The van der Waals surface area contributed by atoms with Gasteiger partial charge in [0.05, 0.1) is 34.3 Å². The Morgan fingerprint density at radius 1 is 1.01 bits per heavy atom. The van der Waals surface area contributed by atoms with Gasteiger partial charge in [0.1, 0.15) is 22.7 Å². The average molecular weight is 972 g/mol. The van der Waals surface area contributed by atoms with E-state index in [1.165, 1.54) is 22.8 Å². The molecule has 4 aliphatic rings. The monoisotopic (exact) mass is 970 g/mol. The molecule has 2 fully saturated rings. The molecule has 4 N–H and O–H groups in total. The lowest BCUT2D eigenvalue weighted by molar-refractivity contribution is -0.384. The second-order valence-corrected chi connectivity index (χ2v) is 21.2. The van der Waals surface area contributed by atoms with E-state index in [2.05, 4.69) is 50.8 Å². The molecule has 5 aromatic rings. The number of carbonyl (C=O) groups excluding carboxylic acids is 1. The number of nitro benzene ring substituents is 1. The van der Waals surface area contributed by atoms with Gasteiger partial charge < -0.3 is 34.7 Å². The number of fused-ring (bicyclic) bond motifs is 2. The number of amides is 1. The van der Waals surface area contributed by atoms with Gasteiger partial charge in [-0.25, -0.2) is 17.5 Å². The number of H-pyrrole nitrogens is 1. The minimum Gasteiger partial charge on any atom is -0.476 e. The van der Waals surface area contributed by atoms with Gasteiger partial charge in [-0.2, -0.15) is 4.98 Å². The second-order valence-electron chi connectivity index (χ2n) is 19.1. The summed E-state index contributed by atoms with van der Waals surface area (Å²) < 4.78 is 56.9. The fourth-order valence-electron chi connectivity index (χ4n) is 9.61. The van der Waals surface area contributed by atoms with Crippen molar-refractivity contribution in [3.05, 3.63) is 111 Å². The van der Waals surface area contributed by atoms with E-state index in [-0.39, 0.29) is 74.9 Å². The van der Waals surface area contributed by atoms with E-state index in [1.54, 1.807) is 18.3 Å². The molecule has 3 aliphatic heterocycles. The first kappa shape index (κ1) is 47.3. The molecule has 0 saturated carbocycles. The zero-order chi connectivity index (χ0) is 47.8. The first-order chi connectivity index (χ1) is 32.6. The number of aromatic nitrogens is 2. The first-order valence-electron chi connectivity index (χ1n) is 23.0. The number of halogens is 2. The van der Waals surface area contributed by atoms with Crippen LogP contribution in [0.3, 0.4) is 0 Å². The Morgan fingerprint density at radius 2 is 1.78 bits per heavy atom. The highest BCUT2D eigenvalue weighted by Gasteiger charge is 2.35. The van der Waals surface area contributed by atoms with Crippen molar-refractivity contribution in [1.29, 1.82) is 0 Å². The summed E-state index contributed by atoms with van der Waals surface area (Å²) in [6.07, 6.45) is 5.09. The summed E-state index contributed by atoms with van der Waals surface area (Å²) in [4.78, 5) is 39.8. The van der Waals surface area contributed by atoms with Crippen LogP contribution < -0.4 is 24.6 Å². The van der Waals surface area contributed by atoms with Gasteiger partial charge in [0.2, 0.25) is 5.88 Å². The number of rotatable bonds is 13. The number of aliphatic hydroxyl groups is 1. The Bertz CT molecular complexity index is 2840. The molecule has 1 atom stereocenters. The van der Waals surface area contributed by atoms with Crippen LogP contribution in [0.25, 0.3) is 16.6 Å². The van der Waals surface area contributed by atoms with E-state index >= 15 is 4.39 Å². The zero-order valence-corrected chi connectivity index (χ0v) is 39.7. The molecule has 16 nitrogen and oxygen atoms in total. The molecule has 68 heavy (non-hydrogen) atoms. The summed E-state index contributed by atoms with van der Waals surface area (Å²) in [6.45, 7) is 8.73. The zero-order valence-electron chi connectivity index (χ0n) is 38.1. The summed E-state index contributed by atoms with van der Waals surface area (Å²) in [5.74, 6) is -1.13. The minimum absolute atomic E-state index is 0.00551. The number of alkyl halides is 1. The van der Waals surface area contributed by atoms with Crippen LogP contribution >= 0.6 is 11.6 Å². The smallest absolute Gasteiger partial charge is 0.293 e. The predicted molar refractivity (Wildman–Crippen MR) is 260 cm³/mol. The molecule has 2 aromatic heterocycles. The van der Waals surface area contributed by atoms with Crippen molar-refractivity contribution >= 4 is 72.6 Å². The SMILES string of the molecule is CC1(C)CCC(CN2CCN(c3ccc(C(=O)NS(=O)(=O)c4ccc(NCC5(F)CCOCC5)c([N+](=O)[O-])c4)c(N4C[C@H](CO)COc5nc6[nH]ccc6cc54)c3)CC2)=C(c2ccc(Cl)cc2)C1. The van der Waals surface area contributed by atoms with Gasteiger partial charge in [0, 0.05) is 106 Å². The van der Waals surface area contributed by atoms with Crippen molar-refractivity contribution < 1.29 is 37.1 Å².